The molecule has 0 bridgehead atoms. The van der Waals surface area contributed by atoms with Crippen molar-refractivity contribution in [2.75, 3.05) is 12.4 Å². The summed E-state index contributed by atoms with van der Waals surface area (Å²) >= 11 is 0. The van der Waals surface area contributed by atoms with E-state index in [2.05, 4.69) is 25.9 Å². The maximum absolute atomic E-state index is 13.0. The van der Waals surface area contributed by atoms with E-state index in [4.69, 9.17) is 4.74 Å². The van der Waals surface area contributed by atoms with E-state index in [0.717, 1.165) is 16.8 Å². The molecule has 0 spiro atoms. The minimum Gasteiger partial charge on any atom is -0.493 e. The number of aromatic nitrogens is 6. The Labute approximate surface area is 173 Å². The lowest BCUT2D eigenvalue weighted by atomic mass is 10.2. The number of halogens is 3. The molecule has 2 aromatic carbocycles. The molecule has 0 aliphatic carbocycles. The Hall–Kier alpha value is -4.22. The molecule has 0 aliphatic heterocycles. The number of carbonyl (C=O) groups is 1. The summed E-state index contributed by atoms with van der Waals surface area (Å²) in [7, 11) is 1.34. The smallest absolute Gasteiger partial charge is 0.416 e. The molecular formula is C19H14F3N7O2. The van der Waals surface area contributed by atoms with Gasteiger partial charge in [-0.3, -0.25) is 4.79 Å². The molecule has 0 radical (unpaired) electrons. The zero-order valence-corrected chi connectivity index (χ0v) is 15.9. The van der Waals surface area contributed by atoms with E-state index in [-0.39, 0.29) is 17.1 Å². The minimum atomic E-state index is -4.50. The number of anilines is 1. The first-order valence-corrected chi connectivity index (χ1v) is 8.81. The summed E-state index contributed by atoms with van der Waals surface area (Å²) in [5.41, 5.74) is 0.391. The van der Waals surface area contributed by atoms with Gasteiger partial charge in [-0.1, -0.05) is 6.07 Å². The number of tetrazole rings is 1. The summed E-state index contributed by atoms with van der Waals surface area (Å²) in [5.74, 6) is -0.474. The molecule has 4 rings (SSSR count). The molecular weight excluding hydrogens is 415 g/mol. The lowest BCUT2D eigenvalue weighted by Gasteiger charge is -2.08. The van der Waals surface area contributed by atoms with Crippen LogP contribution in [0.25, 0.3) is 11.4 Å². The topological polar surface area (TPSA) is 99.8 Å². The molecule has 2 heterocycles. The van der Waals surface area contributed by atoms with Gasteiger partial charge >= 0.3 is 6.18 Å². The third-order valence-electron chi connectivity index (χ3n) is 4.29. The molecule has 9 nitrogen and oxygen atoms in total. The number of hydrogen-bond acceptors (Lipinski definition) is 6. The van der Waals surface area contributed by atoms with Gasteiger partial charge in [0.15, 0.2) is 11.4 Å². The van der Waals surface area contributed by atoms with Crippen LogP contribution in [0.3, 0.4) is 0 Å². The summed E-state index contributed by atoms with van der Waals surface area (Å²) in [6, 6.07) is 11.3. The van der Waals surface area contributed by atoms with Crippen LogP contribution in [-0.4, -0.2) is 43.0 Å². The van der Waals surface area contributed by atoms with E-state index in [0.29, 0.717) is 11.4 Å². The maximum atomic E-state index is 13.0. The molecule has 4 aromatic rings. The molecule has 0 aliphatic rings. The van der Waals surface area contributed by atoms with E-state index < -0.39 is 17.6 Å². The van der Waals surface area contributed by atoms with Crippen LogP contribution in [0.15, 0.2) is 61.1 Å². The molecule has 0 atom stereocenters. The molecule has 0 unspecified atom stereocenters. The molecule has 0 fully saturated rings. The number of ether oxygens (including phenoxy) is 1. The minimum absolute atomic E-state index is 0.0792. The first-order valence-electron chi connectivity index (χ1n) is 8.81. The van der Waals surface area contributed by atoms with Crippen molar-refractivity contribution in [2.45, 2.75) is 6.18 Å². The van der Waals surface area contributed by atoms with Crippen LogP contribution in [0.5, 0.6) is 5.75 Å². The fraction of sp³-hybridized carbons (Fsp3) is 0.105. The van der Waals surface area contributed by atoms with Crippen molar-refractivity contribution >= 4 is 11.6 Å². The highest BCUT2D eigenvalue weighted by atomic mass is 19.4. The second-order valence-electron chi connectivity index (χ2n) is 6.29. The SMILES string of the molecule is COc1cn(-c2cccc(C(F)(F)F)c2)nc1C(=O)Nc1ccc(-n2cnnn2)cc1. The van der Waals surface area contributed by atoms with Gasteiger partial charge in [-0.2, -0.15) is 18.3 Å². The molecule has 12 heteroatoms. The Kier molecular flexibility index (Phi) is 5.11. The van der Waals surface area contributed by atoms with E-state index >= 15 is 0 Å². The van der Waals surface area contributed by atoms with Crippen LogP contribution in [0, 0.1) is 0 Å². The number of rotatable bonds is 5. The van der Waals surface area contributed by atoms with Gasteiger partial charge in [0.1, 0.15) is 6.33 Å². The van der Waals surface area contributed by atoms with Crippen LogP contribution < -0.4 is 10.1 Å². The van der Waals surface area contributed by atoms with Gasteiger partial charge < -0.3 is 10.1 Å². The average molecular weight is 429 g/mol. The Morgan fingerprint density at radius 3 is 2.48 bits per heavy atom. The number of benzene rings is 2. The van der Waals surface area contributed by atoms with Gasteiger partial charge in [-0.25, -0.2) is 9.36 Å². The van der Waals surface area contributed by atoms with Gasteiger partial charge in [0, 0.05) is 5.69 Å². The van der Waals surface area contributed by atoms with E-state index in [1.807, 2.05) is 0 Å². The van der Waals surface area contributed by atoms with Crippen molar-refractivity contribution in [1.29, 1.82) is 0 Å². The molecule has 158 valence electrons. The molecule has 1 N–H and O–H groups in total. The van der Waals surface area contributed by atoms with Crippen LogP contribution >= 0.6 is 0 Å². The number of amides is 1. The van der Waals surface area contributed by atoms with Crippen molar-refractivity contribution in [3.63, 3.8) is 0 Å². The zero-order chi connectivity index (χ0) is 22.0. The lowest BCUT2D eigenvalue weighted by molar-refractivity contribution is -0.137. The number of hydrogen-bond donors (Lipinski definition) is 1. The second-order valence-corrected chi connectivity index (χ2v) is 6.29. The number of nitrogens with one attached hydrogen (secondary N) is 1. The summed E-state index contributed by atoms with van der Waals surface area (Å²) < 4.78 is 46.8. The average Bonchev–Trinajstić information content (AvgIpc) is 3.44. The largest absolute Gasteiger partial charge is 0.493 e. The summed E-state index contributed by atoms with van der Waals surface area (Å²) in [6.45, 7) is 0. The standard InChI is InChI=1S/C19H14F3N7O2/c1-31-16-10-28(15-4-2-3-12(9-15)19(20,21)22)25-17(16)18(30)24-13-5-7-14(8-6-13)29-11-23-26-27-29/h2-11H,1H3,(H,24,30). The summed E-state index contributed by atoms with van der Waals surface area (Å²) in [4.78, 5) is 12.7. The van der Waals surface area contributed by atoms with E-state index in [1.165, 1.54) is 36.4 Å². The Morgan fingerprint density at radius 1 is 1.06 bits per heavy atom. The van der Waals surface area contributed by atoms with Gasteiger partial charge in [0.2, 0.25) is 0 Å². The number of carbonyl (C=O) groups excluding carboxylic acids is 1. The number of methoxy groups -OCH3 is 1. The Balaban J connectivity index is 1.57. The van der Waals surface area contributed by atoms with Gasteiger partial charge in [0.05, 0.1) is 30.2 Å². The molecule has 1 amide bonds. The highest BCUT2D eigenvalue weighted by Crippen LogP contribution is 2.31. The molecule has 2 aromatic heterocycles. The predicted molar refractivity (Wildman–Crippen MR) is 102 cm³/mol. The van der Waals surface area contributed by atoms with Crippen LogP contribution in [0.4, 0.5) is 18.9 Å². The van der Waals surface area contributed by atoms with Crippen molar-refractivity contribution in [1.82, 2.24) is 30.0 Å². The molecule has 31 heavy (non-hydrogen) atoms. The lowest BCUT2D eigenvalue weighted by Crippen LogP contribution is -2.14. The van der Waals surface area contributed by atoms with Crippen LogP contribution in [0.1, 0.15) is 16.1 Å². The molecule has 0 saturated carbocycles. The van der Waals surface area contributed by atoms with E-state index in [9.17, 15) is 18.0 Å². The van der Waals surface area contributed by atoms with Crippen LogP contribution in [-0.2, 0) is 6.18 Å². The van der Waals surface area contributed by atoms with Gasteiger partial charge in [-0.05, 0) is 52.9 Å². The Bertz CT molecular complexity index is 1200. The zero-order valence-electron chi connectivity index (χ0n) is 15.9. The highest BCUT2D eigenvalue weighted by molar-refractivity contribution is 6.04. The number of alkyl halides is 3. The van der Waals surface area contributed by atoms with Crippen molar-refractivity contribution in [2.24, 2.45) is 0 Å². The van der Waals surface area contributed by atoms with Gasteiger partial charge in [0.25, 0.3) is 5.91 Å². The quantitative estimate of drug-likeness (QED) is 0.523. The monoisotopic (exact) mass is 429 g/mol. The summed E-state index contributed by atoms with van der Waals surface area (Å²) in [5, 5.41) is 17.6. The fourth-order valence-electron chi connectivity index (χ4n) is 2.79. The second kappa shape index (κ2) is 7.89. The van der Waals surface area contributed by atoms with E-state index in [1.54, 1.807) is 24.3 Å². The third-order valence-corrected chi connectivity index (χ3v) is 4.29. The Morgan fingerprint density at radius 2 is 1.84 bits per heavy atom. The van der Waals surface area contributed by atoms with Crippen molar-refractivity contribution < 1.29 is 22.7 Å². The maximum Gasteiger partial charge on any atom is 0.416 e. The predicted octanol–water partition coefficient (Wildman–Crippen LogP) is 3.13. The van der Waals surface area contributed by atoms with Crippen molar-refractivity contribution in [3.05, 3.63) is 72.3 Å². The normalized spacial score (nSPS) is 11.4. The first kappa shape index (κ1) is 20.1. The number of nitrogens with zero attached hydrogens (tertiary/aromatic N) is 6. The molecule has 0 saturated heterocycles. The van der Waals surface area contributed by atoms with Crippen LogP contribution in [0.2, 0.25) is 0 Å². The third kappa shape index (κ3) is 4.22. The van der Waals surface area contributed by atoms with Crippen molar-refractivity contribution in [3.8, 4) is 17.1 Å². The summed E-state index contributed by atoms with van der Waals surface area (Å²) in [6.07, 6.45) is -1.73. The first-order chi connectivity index (χ1) is 14.8. The highest BCUT2D eigenvalue weighted by Gasteiger charge is 2.30. The van der Waals surface area contributed by atoms with Gasteiger partial charge in [-0.15, -0.1) is 5.10 Å². The fourth-order valence-corrected chi connectivity index (χ4v) is 2.79.